The maximum Gasteiger partial charge on any atom is 0.206 e. The van der Waals surface area contributed by atoms with E-state index in [4.69, 9.17) is 0 Å². The van der Waals surface area contributed by atoms with Gasteiger partial charge in [-0.3, -0.25) is 0 Å². The van der Waals surface area contributed by atoms with Gasteiger partial charge in [0.05, 0.1) is 54.5 Å². The number of rotatable bonds is 5. The van der Waals surface area contributed by atoms with Crippen molar-refractivity contribution < 1.29 is 8.42 Å². The van der Waals surface area contributed by atoms with Crippen molar-refractivity contribution in [2.45, 2.75) is 9.79 Å². The molecule has 0 bridgehead atoms. The van der Waals surface area contributed by atoms with E-state index in [0.29, 0.717) is 5.56 Å². The number of hydrogen-bond acceptors (Lipinski definition) is 3. The molecule has 56 heavy (non-hydrogen) atoms. The Balaban J connectivity index is 1.32. The summed E-state index contributed by atoms with van der Waals surface area (Å²) in [5.74, 6) is 0. The molecule has 0 amide bonds. The van der Waals surface area contributed by atoms with E-state index in [9.17, 15) is 13.7 Å². The van der Waals surface area contributed by atoms with Gasteiger partial charge in [-0.05, 0) is 84.9 Å². The molecule has 3 heterocycles. The first kappa shape index (κ1) is 32.1. The van der Waals surface area contributed by atoms with Gasteiger partial charge < -0.3 is 13.7 Å². The monoisotopic (exact) mass is 738 g/mol. The molecule has 264 valence electrons. The standard InChI is InChI=1S/C49H30N4O2S/c50-31-32-19-23-36(24-20-32)56(54,55)37-25-21-35(22-26-37)53-48-42(29-27-40-38-15-7-9-17-44(38)51(46(40)48)33-11-3-1-4-12-33)43-30-28-41-39-16-8-10-18-45(39)52(47(41)49(43)53)34-13-5-2-6-14-34/h1-30H. The smallest absolute Gasteiger partial charge is 0.206 e. The van der Waals surface area contributed by atoms with Gasteiger partial charge in [0.25, 0.3) is 0 Å². The van der Waals surface area contributed by atoms with Gasteiger partial charge in [-0.1, -0.05) is 97.1 Å². The minimum Gasteiger partial charge on any atom is -0.307 e. The lowest BCUT2D eigenvalue weighted by Crippen LogP contribution is -2.04. The SMILES string of the molecule is N#Cc1ccc(S(=O)(=O)c2ccc(-n3c4c(ccc5c6ccccc6n(-c6ccccc6)c54)c4ccc5c6ccccc6n(-c6ccccc6)c5c43)cc2)cc1. The third-order valence-electron chi connectivity index (χ3n) is 11.1. The van der Waals surface area contributed by atoms with Gasteiger partial charge >= 0.3 is 0 Å². The fourth-order valence-corrected chi connectivity index (χ4v) is 9.91. The second kappa shape index (κ2) is 12.1. The second-order valence-electron chi connectivity index (χ2n) is 14.1. The van der Waals surface area contributed by atoms with Crippen molar-refractivity contribution >= 4 is 75.3 Å². The van der Waals surface area contributed by atoms with Crippen molar-refractivity contribution in [3.05, 3.63) is 188 Å². The van der Waals surface area contributed by atoms with E-state index in [1.54, 1.807) is 12.1 Å². The fourth-order valence-electron chi connectivity index (χ4n) is 8.65. The van der Waals surface area contributed by atoms with Crippen LogP contribution in [0, 0.1) is 11.3 Å². The number of sulfone groups is 1. The van der Waals surface area contributed by atoms with E-state index >= 15 is 0 Å². The molecule has 6 nitrogen and oxygen atoms in total. The quantitative estimate of drug-likeness (QED) is 0.176. The van der Waals surface area contributed by atoms with Crippen LogP contribution in [0.4, 0.5) is 0 Å². The average Bonchev–Trinajstić information content (AvgIpc) is 3.90. The highest BCUT2D eigenvalue weighted by atomic mass is 32.2. The van der Waals surface area contributed by atoms with Crippen LogP contribution in [0.2, 0.25) is 0 Å². The molecule has 11 rings (SSSR count). The van der Waals surface area contributed by atoms with Crippen molar-refractivity contribution in [3.63, 3.8) is 0 Å². The molecular weight excluding hydrogens is 709 g/mol. The third kappa shape index (κ3) is 4.51. The molecule has 0 saturated heterocycles. The predicted molar refractivity (Wildman–Crippen MR) is 226 cm³/mol. The van der Waals surface area contributed by atoms with Crippen LogP contribution < -0.4 is 0 Å². The molecule has 8 aromatic carbocycles. The lowest BCUT2D eigenvalue weighted by atomic mass is 10.1. The van der Waals surface area contributed by atoms with Crippen molar-refractivity contribution in [2.24, 2.45) is 0 Å². The maximum atomic E-state index is 13.9. The molecule has 3 aromatic heterocycles. The summed E-state index contributed by atoms with van der Waals surface area (Å²) in [5.41, 5.74) is 9.73. The summed E-state index contributed by atoms with van der Waals surface area (Å²) in [4.78, 5) is 0.322. The van der Waals surface area contributed by atoms with Gasteiger partial charge in [0.2, 0.25) is 9.84 Å². The van der Waals surface area contributed by atoms with E-state index in [-0.39, 0.29) is 9.79 Å². The van der Waals surface area contributed by atoms with Crippen LogP contribution in [-0.4, -0.2) is 22.1 Å². The van der Waals surface area contributed by atoms with Crippen molar-refractivity contribution in [3.8, 4) is 23.1 Å². The van der Waals surface area contributed by atoms with Gasteiger partial charge in [-0.25, -0.2) is 8.42 Å². The number of para-hydroxylation sites is 4. The third-order valence-corrected chi connectivity index (χ3v) is 12.9. The number of nitriles is 1. The maximum absolute atomic E-state index is 13.9. The van der Waals surface area contributed by atoms with Gasteiger partial charge in [0.1, 0.15) is 0 Å². The normalized spacial score (nSPS) is 12.1. The summed E-state index contributed by atoms with van der Waals surface area (Å²) in [6.45, 7) is 0. The Morgan fingerprint density at radius 2 is 0.714 bits per heavy atom. The molecule has 0 unspecified atom stereocenters. The average molecular weight is 739 g/mol. The first-order chi connectivity index (χ1) is 27.5. The van der Waals surface area contributed by atoms with Crippen LogP contribution in [0.3, 0.4) is 0 Å². The first-order valence-corrected chi connectivity index (χ1v) is 19.9. The van der Waals surface area contributed by atoms with Gasteiger partial charge in [0, 0.05) is 49.4 Å². The topological polar surface area (TPSA) is 72.7 Å². The molecule has 0 atom stereocenters. The summed E-state index contributed by atoms with van der Waals surface area (Å²) < 4.78 is 34.9. The highest BCUT2D eigenvalue weighted by Gasteiger charge is 2.26. The van der Waals surface area contributed by atoms with Crippen LogP contribution in [0.25, 0.3) is 82.5 Å². The summed E-state index contributed by atoms with van der Waals surface area (Å²) in [6, 6.07) is 62.3. The lowest BCUT2D eigenvalue weighted by molar-refractivity contribution is 0.596. The Morgan fingerprint density at radius 1 is 0.357 bits per heavy atom. The van der Waals surface area contributed by atoms with E-state index in [1.807, 2.05) is 24.3 Å². The fraction of sp³-hybridized carbons (Fsp3) is 0. The van der Waals surface area contributed by atoms with Crippen LogP contribution in [0.5, 0.6) is 0 Å². The Hall–Kier alpha value is -7.40. The van der Waals surface area contributed by atoms with E-state index in [1.165, 1.54) is 24.3 Å². The Bertz CT molecular complexity index is 3350. The summed E-state index contributed by atoms with van der Waals surface area (Å²) in [6.07, 6.45) is 0. The minimum absolute atomic E-state index is 0.143. The molecule has 7 heteroatoms. The van der Waals surface area contributed by atoms with Crippen LogP contribution in [0.15, 0.2) is 192 Å². The zero-order valence-electron chi connectivity index (χ0n) is 29.8. The number of aromatic nitrogens is 3. The van der Waals surface area contributed by atoms with E-state index in [0.717, 1.165) is 82.5 Å². The van der Waals surface area contributed by atoms with Gasteiger partial charge in [-0.2, -0.15) is 5.26 Å². The largest absolute Gasteiger partial charge is 0.307 e. The molecular formula is C49H30N4O2S. The summed E-state index contributed by atoms with van der Waals surface area (Å²) in [5, 5.41) is 16.0. The van der Waals surface area contributed by atoms with E-state index in [2.05, 4.69) is 141 Å². The van der Waals surface area contributed by atoms with E-state index < -0.39 is 9.84 Å². The van der Waals surface area contributed by atoms with Crippen molar-refractivity contribution in [1.29, 1.82) is 5.26 Å². The molecule has 0 fully saturated rings. The van der Waals surface area contributed by atoms with Crippen LogP contribution >= 0.6 is 0 Å². The Morgan fingerprint density at radius 3 is 1.16 bits per heavy atom. The number of fused-ring (bicyclic) bond motifs is 11. The van der Waals surface area contributed by atoms with Gasteiger partial charge in [0.15, 0.2) is 0 Å². The highest BCUT2D eigenvalue weighted by molar-refractivity contribution is 7.91. The molecule has 11 aromatic rings. The van der Waals surface area contributed by atoms with Crippen LogP contribution in [-0.2, 0) is 9.84 Å². The van der Waals surface area contributed by atoms with Crippen molar-refractivity contribution in [2.75, 3.05) is 0 Å². The number of hydrogen-bond donors (Lipinski definition) is 0. The van der Waals surface area contributed by atoms with Crippen LogP contribution in [0.1, 0.15) is 5.56 Å². The molecule has 0 saturated carbocycles. The second-order valence-corrected chi connectivity index (χ2v) is 16.0. The Kier molecular flexibility index (Phi) is 6.90. The number of benzene rings is 8. The molecule has 0 aliphatic heterocycles. The molecule has 0 aliphatic carbocycles. The molecule has 0 aliphatic rings. The molecule has 0 radical (unpaired) electrons. The summed E-state index contributed by atoms with van der Waals surface area (Å²) in [7, 11) is -3.85. The summed E-state index contributed by atoms with van der Waals surface area (Å²) >= 11 is 0. The first-order valence-electron chi connectivity index (χ1n) is 18.4. The van der Waals surface area contributed by atoms with Gasteiger partial charge in [-0.15, -0.1) is 0 Å². The zero-order valence-corrected chi connectivity index (χ0v) is 30.7. The number of nitrogens with zero attached hydrogens (tertiary/aromatic N) is 4. The van der Waals surface area contributed by atoms with Crippen molar-refractivity contribution in [1.82, 2.24) is 13.7 Å². The Labute approximate surface area is 321 Å². The zero-order chi connectivity index (χ0) is 37.5. The predicted octanol–water partition coefficient (Wildman–Crippen LogP) is 11.7. The lowest BCUT2D eigenvalue weighted by Gasteiger charge is -2.15. The molecule has 0 N–H and O–H groups in total. The molecule has 0 spiro atoms. The minimum atomic E-state index is -3.85. The highest BCUT2D eigenvalue weighted by Crippen LogP contribution is 2.45.